The van der Waals surface area contributed by atoms with Crippen LogP contribution in [0.1, 0.15) is 86.0 Å². The molecule has 164 valence electrons. The average molecular weight is 398 g/mol. The Hall–Kier alpha value is -1.59. The van der Waals surface area contributed by atoms with Crippen molar-refractivity contribution >= 4 is 18.8 Å². The summed E-state index contributed by atoms with van der Waals surface area (Å²) in [6.45, 7) is 16.0. The van der Waals surface area contributed by atoms with E-state index in [1.165, 1.54) is 30.1 Å². The van der Waals surface area contributed by atoms with E-state index in [2.05, 4.69) is 49.0 Å². The second-order valence-electron chi connectivity index (χ2n) is 7.36. The summed E-state index contributed by atoms with van der Waals surface area (Å²) in [5, 5.41) is 0. The van der Waals surface area contributed by atoms with Crippen LogP contribution in [-0.2, 0) is 9.59 Å². The van der Waals surface area contributed by atoms with Gasteiger partial charge in [-0.05, 0) is 33.1 Å². The zero-order valence-electron chi connectivity index (χ0n) is 19.2. The lowest BCUT2D eigenvalue weighted by Gasteiger charge is -2.30. The largest absolute Gasteiger partial charge is 0.351 e. The lowest BCUT2D eigenvalue weighted by molar-refractivity contribution is -0.551. The molecule has 0 spiro atoms. The molecule has 0 aromatic carbocycles. The molecule has 0 fully saturated rings. The zero-order valence-corrected chi connectivity index (χ0v) is 19.2. The Morgan fingerprint density at radius 3 is 1.68 bits per heavy atom. The van der Waals surface area contributed by atoms with E-state index in [0.717, 1.165) is 64.8 Å². The average Bonchev–Trinajstić information content (AvgIpc) is 2.72. The van der Waals surface area contributed by atoms with E-state index in [0.29, 0.717) is 19.5 Å². The molecule has 0 aliphatic rings. The van der Waals surface area contributed by atoms with Crippen LogP contribution < -0.4 is 0 Å². The first-order valence-corrected chi connectivity index (χ1v) is 11.4. The molecule has 0 rings (SSSR count). The van der Waals surface area contributed by atoms with Gasteiger partial charge in [-0.2, -0.15) is 0 Å². The maximum atomic E-state index is 11.3. The first-order valence-electron chi connectivity index (χ1n) is 11.4. The molecule has 0 aliphatic carbocycles. The van der Waals surface area contributed by atoms with E-state index in [9.17, 15) is 9.59 Å². The molecule has 0 bridgehead atoms. The predicted molar refractivity (Wildman–Crippen MR) is 117 cm³/mol. The molecule has 0 heterocycles. The van der Waals surface area contributed by atoms with Gasteiger partial charge in [0, 0.05) is 0 Å². The molecule has 0 radical (unpaired) electrons. The van der Waals surface area contributed by atoms with E-state index >= 15 is 0 Å². The van der Waals surface area contributed by atoms with Crippen LogP contribution in [0.4, 0.5) is 0 Å². The summed E-state index contributed by atoms with van der Waals surface area (Å²) in [5.74, 6) is 1.18. The summed E-state index contributed by atoms with van der Waals surface area (Å²) in [6, 6.07) is 0. The highest BCUT2D eigenvalue weighted by Gasteiger charge is 2.28. The minimum Gasteiger partial charge on any atom is -0.278 e. The fourth-order valence-corrected chi connectivity index (χ4v) is 3.37. The molecule has 0 unspecified atom stereocenters. The molecule has 0 saturated carbocycles. The highest BCUT2D eigenvalue weighted by atomic mass is 16.2. The molecule has 2 amide bonds. The quantitative estimate of drug-likeness (QED) is 0.0936. The number of imide groups is 1. The number of amides is 2. The number of hydrogen-bond acceptors (Lipinski definition) is 2. The van der Waals surface area contributed by atoms with E-state index < -0.39 is 0 Å². The van der Waals surface area contributed by atoms with Gasteiger partial charge in [-0.1, -0.05) is 52.9 Å². The van der Waals surface area contributed by atoms with Crippen LogP contribution in [0.5, 0.6) is 0 Å². The van der Waals surface area contributed by atoms with E-state index in [1.807, 2.05) is 0 Å². The number of nitrogens with zero attached hydrogens (tertiary/aromatic N) is 4. The van der Waals surface area contributed by atoms with Crippen molar-refractivity contribution in [3.63, 3.8) is 0 Å². The SMILES string of the molecule is CCCCCC/[N+](CN(C=O)C=O)=C(/N(CC)CC)N(CCCC)CCCC. The zero-order chi connectivity index (χ0) is 21.2. The third kappa shape index (κ3) is 10.1. The van der Waals surface area contributed by atoms with Crippen molar-refractivity contribution in [3.05, 3.63) is 0 Å². The molecule has 6 heteroatoms. The van der Waals surface area contributed by atoms with Crippen LogP contribution in [0.15, 0.2) is 0 Å². The van der Waals surface area contributed by atoms with Gasteiger partial charge in [-0.3, -0.25) is 24.3 Å². The van der Waals surface area contributed by atoms with Crippen LogP contribution in [0.2, 0.25) is 0 Å². The van der Waals surface area contributed by atoms with Crippen molar-refractivity contribution in [2.45, 2.75) is 86.0 Å². The van der Waals surface area contributed by atoms with Crippen molar-refractivity contribution in [2.24, 2.45) is 0 Å². The van der Waals surface area contributed by atoms with Crippen LogP contribution in [0.25, 0.3) is 0 Å². The van der Waals surface area contributed by atoms with Gasteiger partial charge in [-0.15, -0.1) is 0 Å². The van der Waals surface area contributed by atoms with Crippen LogP contribution >= 0.6 is 0 Å². The Morgan fingerprint density at radius 1 is 0.714 bits per heavy atom. The van der Waals surface area contributed by atoms with Crippen molar-refractivity contribution in [1.29, 1.82) is 0 Å². The Morgan fingerprint density at radius 2 is 1.25 bits per heavy atom. The highest BCUT2D eigenvalue weighted by molar-refractivity contribution is 5.75. The van der Waals surface area contributed by atoms with Gasteiger partial charge in [0.25, 0.3) is 0 Å². The first kappa shape index (κ1) is 26.4. The molecule has 0 saturated heterocycles. The number of carbonyl (C=O) groups excluding carboxylic acids is 2. The summed E-state index contributed by atoms with van der Waals surface area (Å²) in [4.78, 5) is 28.7. The molecule has 0 aliphatic heterocycles. The van der Waals surface area contributed by atoms with Crippen molar-refractivity contribution in [1.82, 2.24) is 14.7 Å². The minimum atomic E-state index is 0.319. The Labute approximate surface area is 173 Å². The molecule has 0 aromatic heterocycles. The standard InChI is InChI=1S/C22H45N4O2/c1-6-11-14-15-18-26(19-23(20-27)21-28)22(24(9-4)10-5)25(16-12-7-2)17-13-8-3/h20-21H,6-19H2,1-5H3/q+1. The van der Waals surface area contributed by atoms with Gasteiger partial charge in [-0.25, -0.2) is 4.58 Å². The number of carbonyl (C=O) groups is 2. The van der Waals surface area contributed by atoms with E-state index in [4.69, 9.17) is 0 Å². The second kappa shape index (κ2) is 17.5. The number of guanidine groups is 1. The summed E-state index contributed by atoms with van der Waals surface area (Å²) in [6.07, 6.45) is 10.5. The maximum Gasteiger partial charge on any atom is 0.351 e. The van der Waals surface area contributed by atoms with E-state index in [-0.39, 0.29) is 0 Å². The Bertz CT molecular complexity index is 420. The normalized spacial score (nSPS) is 11.8. The highest BCUT2D eigenvalue weighted by Crippen LogP contribution is 2.08. The van der Waals surface area contributed by atoms with Gasteiger partial charge in [0.15, 0.2) is 0 Å². The van der Waals surface area contributed by atoms with Crippen LogP contribution in [0.3, 0.4) is 0 Å². The van der Waals surface area contributed by atoms with Gasteiger partial charge in [0.2, 0.25) is 12.8 Å². The Balaban J connectivity index is 5.98. The fraction of sp³-hybridized carbons (Fsp3) is 0.864. The van der Waals surface area contributed by atoms with Crippen molar-refractivity contribution in [3.8, 4) is 0 Å². The van der Waals surface area contributed by atoms with Gasteiger partial charge >= 0.3 is 5.96 Å². The number of hydrogen-bond donors (Lipinski definition) is 0. The third-order valence-corrected chi connectivity index (χ3v) is 5.06. The molecular weight excluding hydrogens is 352 g/mol. The van der Waals surface area contributed by atoms with Crippen molar-refractivity contribution in [2.75, 3.05) is 39.4 Å². The number of rotatable bonds is 17. The molecule has 0 atom stereocenters. The van der Waals surface area contributed by atoms with Gasteiger partial charge < -0.3 is 0 Å². The summed E-state index contributed by atoms with van der Waals surface area (Å²) in [7, 11) is 0. The third-order valence-electron chi connectivity index (χ3n) is 5.06. The fourth-order valence-electron chi connectivity index (χ4n) is 3.37. The molecule has 6 nitrogen and oxygen atoms in total. The maximum absolute atomic E-state index is 11.3. The summed E-state index contributed by atoms with van der Waals surface area (Å²) < 4.78 is 2.25. The van der Waals surface area contributed by atoms with Crippen LogP contribution in [-0.4, -0.2) is 77.4 Å². The topological polar surface area (TPSA) is 46.9 Å². The molecule has 0 aromatic rings. The minimum absolute atomic E-state index is 0.319. The molecule has 28 heavy (non-hydrogen) atoms. The Kier molecular flexibility index (Phi) is 16.5. The first-order chi connectivity index (χ1) is 13.6. The predicted octanol–water partition coefficient (Wildman–Crippen LogP) is 3.75. The summed E-state index contributed by atoms with van der Waals surface area (Å²) >= 11 is 0. The lowest BCUT2D eigenvalue weighted by atomic mass is 10.2. The lowest BCUT2D eigenvalue weighted by Crippen LogP contribution is -2.52. The molecular formula is C22H45N4O2+. The van der Waals surface area contributed by atoms with Crippen molar-refractivity contribution < 1.29 is 14.2 Å². The number of unbranched alkanes of at least 4 members (excludes halogenated alkanes) is 5. The van der Waals surface area contributed by atoms with E-state index in [1.54, 1.807) is 0 Å². The van der Waals surface area contributed by atoms with Gasteiger partial charge in [0.1, 0.15) is 6.67 Å². The molecule has 0 N–H and O–H groups in total. The van der Waals surface area contributed by atoms with Gasteiger partial charge in [0.05, 0.1) is 32.7 Å². The second-order valence-corrected chi connectivity index (χ2v) is 7.36. The van der Waals surface area contributed by atoms with Crippen LogP contribution in [0, 0.1) is 0 Å². The smallest absolute Gasteiger partial charge is 0.278 e. The monoisotopic (exact) mass is 397 g/mol. The summed E-state index contributed by atoms with van der Waals surface area (Å²) in [5.41, 5.74) is 0.